The minimum Gasteiger partial charge on any atom is -0.394 e. The number of nitrogens with zero attached hydrogens (tertiary/aromatic N) is 3. The Morgan fingerprint density at radius 3 is 2.78 bits per heavy atom. The van der Waals surface area contributed by atoms with Crippen molar-refractivity contribution in [2.75, 3.05) is 17.6 Å². The van der Waals surface area contributed by atoms with Gasteiger partial charge in [-0.1, -0.05) is 0 Å². The third-order valence-electron chi connectivity index (χ3n) is 2.45. The highest BCUT2D eigenvalue weighted by Gasteiger charge is 2.07. The van der Waals surface area contributed by atoms with Crippen molar-refractivity contribution in [1.29, 1.82) is 0 Å². The predicted octanol–water partition coefficient (Wildman–Crippen LogP) is 2.44. The molecule has 0 aliphatic carbocycles. The molecule has 0 unspecified atom stereocenters. The molecule has 0 aliphatic heterocycles. The van der Waals surface area contributed by atoms with Crippen molar-refractivity contribution in [3.63, 3.8) is 0 Å². The van der Waals surface area contributed by atoms with Gasteiger partial charge >= 0.3 is 0 Å². The van der Waals surface area contributed by atoms with Gasteiger partial charge in [0.1, 0.15) is 0 Å². The summed E-state index contributed by atoms with van der Waals surface area (Å²) < 4.78 is 0. The maximum Gasteiger partial charge on any atom is 0.224 e. The lowest BCUT2D eigenvalue weighted by atomic mass is 10.3. The monoisotopic (exact) mass is 283 g/mol. The van der Waals surface area contributed by atoms with Gasteiger partial charge in [0.05, 0.1) is 22.1 Å². The van der Waals surface area contributed by atoms with Gasteiger partial charge in [-0.25, -0.2) is 9.97 Å². The first-order valence-corrected chi connectivity index (χ1v) is 6.76. The van der Waals surface area contributed by atoms with E-state index in [0.717, 1.165) is 17.1 Å². The van der Waals surface area contributed by atoms with E-state index in [1.54, 1.807) is 18.3 Å². The summed E-state index contributed by atoms with van der Waals surface area (Å²) in [5, 5.41) is 6.49. The fraction of sp³-hybridized carbons (Fsp3) is 0.364. The number of thiazole rings is 1. The fourth-order valence-corrected chi connectivity index (χ4v) is 2.37. The zero-order valence-electron chi connectivity index (χ0n) is 10.2. The Balaban J connectivity index is 1.98. The van der Waals surface area contributed by atoms with Crippen molar-refractivity contribution in [3.8, 4) is 0 Å². The molecule has 0 aliphatic rings. The molecule has 0 spiro atoms. The van der Waals surface area contributed by atoms with Crippen LogP contribution >= 0.6 is 22.9 Å². The molecule has 2 rings (SSSR count). The number of nitrogen functional groups attached to an aromatic ring is 1. The van der Waals surface area contributed by atoms with Gasteiger partial charge in [0.2, 0.25) is 5.28 Å². The number of rotatable bonds is 4. The average Bonchev–Trinajstić information content (AvgIpc) is 2.71. The van der Waals surface area contributed by atoms with Gasteiger partial charge in [0.15, 0.2) is 5.82 Å². The molecule has 18 heavy (non-hydrogen) atoms. The Kier molecular flexibility index (Phi) is 3.98. The minimum atomic E-state index is 0.203. The molecule has 0 saturated carbocycles. The van der Waals surface area contributed by atoms with Crippen LogP contribution in [-0.4, -0.2) is 21.5 Å². The van der Waals surface area contributed by atoms with E-state index in [2.05, 4.69) is 25.6 Å². The summed E-state index contributed by atoms with van der Waals surface area (Å²) >= 11 is 7.44. The number of anilines is 2. The molecular weight excluding hydrogens is 270 g/mol. The lowest BCUT2D eigenvalue weighted by Gasteiger charge is -2.09. The van der Waals surface area contributed by atoms with Crippen LogP contribution in [-0.2, 0) is 6.42 Å². The Labute approximate surface area is 114 Å². The van der Waals surface area contributed by atoms with Crippen molar-refractivity contribution in [3.05, 3.63) is 27.1 Å². The van der Waals surface area contributed by atoms with Crippen LogP contribution in [0.2, 0.25) is 5.28 Å². The van der Waals surface area contributed by atoms with Crippen LogP contribution in [0.3, 0.4) is 0 Å². The topological polar surface area (TPSA) is 76.7 Å². The molecule has 0 radical (unpaired) electrons. The van der Waals surface area contributed by atoms with Crippen LogP contribution in [0.4, 0.5) is 11.5 Å². The molecule has 0 saturated heterocycles. The molecule has 0 amide bonds. The van der Waals surface area contributed by atoms with Crippen molar-refractivity contribution in [1.82, 2.24) is 15.0 Å². The SMILES string of the molecule is Cc1nc(CCNc2nc(Cl)nc(C)c2N)cs1. The van der Waals surface area contributed by atoms with Crippen LogP contribution in [0.15, 0.2) is 5.38 Å². The third kappa shape index (κ3) is 3.08. The highest BCUT2D eigenvalue weighted by atomic mass is 35.5. The standard InChI is InChI=1S/C11H14ClN5S/c1-6-9(13)10(17-11(12)15-6)14-4-3-8-5-18-7(2)16-8/h5H,3-4,13H2,1-2H3,(H,14,15,17). The fourth-order valence-electron chi connectivity index (χ4n) is 1.51. The quantitative estimate of drug-likeness (QED) is 0.843. The second-order valence-electron chi connectivity index (χ2n) is 3.87. The Bertz CT molecular complexity index is 554. The summed E-state index contributed by atoms with van der Waals surface area (Å²) in [6.07, 6.45) is 0.824. The minimum absolute atomic E-state index is 0.203. The zero-order valence-corrected chi connectivity index (χ0v) is 11.8. The smallest absolute Gasteiger partial charge is 0.224 e. The lowest BCUT2D eigenvalue weighted by molar-refractivity contribution is 0.955. The second-order valence-corrected chi connectivity index (χ2v) is 5.28. The Morgan fingerprint density at radius 2 is 2.11 bits per heavy atom. The summed E-state index contributed by atoms with van der Waals surface area (Å²) in [6, 6.07) is 0. The first-order valence-electron chi connectivity index (χ1n) is 5.50. The molecule has 0 bridgehead atoms. The normalized spacial score (nSPS) is 10.6. The molecule has 0 aromatic carbocycles. The first kappa shape index (κ1) is 13.0. The van der Waals surface area contributed by atoms with Gasteiger partial charge in [-0.3, -0.25) is 0 Å². The average molecular weight is 284 g/mol. The molecule has 5 nitrogen and oxygen atoms in total. The van der Waals surface area contributed by atoms with Crippen LogP contribution in [0.5, 0.6) is 0 Å². The van der Waals surface area contributed by atoms with Gasteiger partial charge in [0.25, 0.3) is 0 Å². The van der Waals surface area contributed by atoms with E-state index in [4.69, 9.17) is 17.3 Å². The number of nitrogens with two attached hydrogens (primary N) is 1. The summed E-state index contributed by atoms with van der Waals surface area (Å²) in [4.78, 5) is 12.4. The molecule has 2 aromatic heterocycles. The number of halogens is 1. The van der Waals surface area contributed by atoms with Gasteiger partial charge in [-0.2, -0.15) is 4.98 Å². The zero-order chi connectivity index (χ0) is 13.1. The number of hydrogen-bond donors (Lipinski definition) is 2. The lowest BCUT2D eigenvalue weighted by Crippen LogP contribution is -2.10. The van der Waals surface area contributed by atoms with Crippen LogP contribution in [0, 0.1) is 13.8 Å². The molecule has 7 heteroatoms. The van der Waals surface area contributed by atoms with Crippen molar-refractivity contribution in [2.24, 2.45) is 0 Å². The largest absolute Gasteiger partial charge is 0.394 e. The highest BCUT2D eigenvalue weighted by molar-refractivity contribution is 7.09. The van der Waals surface area contributed by atoms with E-state index in [1.165, 1.54) is 0 Å². The first-order chi connectivity index (χ1) is 8.56. The third-order valence-corrected chi connectivity index (χ3v) is 3.44. The van der Waals surface area contributed by atoms with Crippen molar-refractivity contribution in [2.45, 2.75) is 20.3 Å². The summed E-state index contributed by atoms with van der Waals surface area (Å²) in [5.74, 6) is 0.583. The van der Waals surface area contributed by atoms with Crippen LogP contribution < -0.4 is 11.1 Å². The molecule has 0 atom stereocenters. The Morgan fingerprint density at radius 1 is 1.33 bits per heavy atom. The summed E-state index contributed by atoms with van der Waals surface area (Å²) in [7, 11) is 0. The molecule has 96 valence electrons. The molecule has 2 heterocycles. The maximum atomic E-state index is 5.88. The second kappa shape index (κ2) is 5.49. The van der Waals surface area contributed by atoms with Crippen molar-refractivity contribution >= 4 is 34.4 Å². The van der Waals surface area contributed by atoms with Crippen molar-refractivity contribution < 1.29 is 0 Å². The molecule has 2 aromatic rings. The number of aromatic nitrogens is 3. The van der Waals surface area contributed by atoms with E-state index >= 15 is 0 Å². The van der Waals surface area contributed by atoms with E-state index < -0.39 is 0 Å². The molecule has 3 N–H and O–H groups in total. The Hall–Kier alpha value is -1.40. The molecule has 0 fully saturated rings. The number of hydrogen-bond acceptors (Lipinski definition) is 6. The van der Waals surface area contributed by atoms with Gasteiger partial charge < -0.3 is 11.1 Å². The predicted molar refractivity (Wildman–Crippen MR) is 75.2 cm³/mol. The summed E-state index contributed by atoms with van der Waals surface area (Å²) in [5.41, 5.74) is 8.16. The van der Waals surface area contributed by atoms with E-state index in [1.807, 2.05) is 6.92 Å². The van der Waals surface area contributed by atoms with E-state index in [0.29, 0.717) is 23.7 Å². The van der Waals surface area contributed by atoms with Gasteiger partial charge in [-0.15, -0.1) is 11.3 Å². The highest BCUT2D eigenvalue weighted by Crippen LogP contribution is 2.20. The number of aryl methyl sites for hydroxylation is 2. The maximum absolute atomic E-state index is 5.88. The molecular formula is C11H14ClN5S. The van der Waals surface area contributed by atoms with Crippen LogP contribution in [0.1, 0.15) is 16.4 Å². The van der Waals surface area contributed by atoms with E-state index in [9.17, 15) is 0 Å². The van der Waals surface area contributed by atoms with Gasteiger partial charge in [0, 0.05) is 18.3 Å². The van der Waals surface area contributed by atoms with Crippen LogP contribution in [0.25, 0.3) is 0 Å². The summed E-state index contributed by atoms with van der Waals surface area (Å²) in [6.45, 7) is 4.51. The van der Waals surface area contributed by atoms with Gasteiger partial charge in [-0.05, 0) is 25.4 Å². The van der Waals surface area contributed by atoms with E-state index in [-0.39, 0.29) is 5.28 Å². The number of nitrogens with one attached hydrogen (secondary N) is 1.